The van der Waals surface area contributed by atoms with Crippen LogP contribution >= 0.6 is 0 Å². The molecule has 0 saturated heterocycles. The molecular weight excluding hydrogens is 320 g/mol. The molecule has 0 aromatic carbocycles. The Kier molecular flexibility index (Phi) is 4.56. The second-order valence-corrected chi connectivity index (χ2v) is 8.43. The number of esters is 1. The Bertz CT molecular complexity index is 636. The van der Waals surface area contributed by atoms with Crippen LogP contribution in [-0.2, 0) is 14.3 Å². The highest BCUT2D eigenvalue weighted by molar-refractivity contribution is 5.85. The van der Waals surface area contributed by atoms with Crippen LogP contribution in [0.4, 0.5) is 0 Å². The summed E-state index contributed by atoms with van der Waals surface area (Å²) in [6.07, 6.45) is 5.94. The molecule has 138 valence electrons. The number of aliphatic hydroxyl groups excluding tert-OH is 1. The summed E-state index contributed by atoms with van der Waals surface area (Å²) < 4.78 is 4.76. The van der Waals surface area contributed by atoms with E-state index in [4.69, 9.17) is 4.74 Å². The molecule has 0 amide bonds. The van der Waals surface area contributed by atoms with E-state index in [2.05, 4.69) is 13.5 Å². The third-order valence-electron chi connectivity index (χ3n) is 7.08. The molecule has 3 aliphatic rings. The van der Waals surface area contributed by atoms with Crippen LogP contribution < -0.4 is 0 Å². The Morgan fingerprint density at radius 3 is 2.72 bits per heavy atom. The quantitative estimate of drug-likeness (QED) is 0.601. The van der Waals surface area contributed by atoms with E-state index in [-0.39, 0.29) is 17.3 Å². The number of allylic oxidation sites excluding steroid dienone is 1. The number of aliphatic carboxylic acids is 1. The minimum atomic E-state index is -1.14. The molecule has 2 saturated carbocycles. The molecule has 0 bridgehead atoms. The number of cyclic esters (lactones) is 1. The minimum Gasteiger partial charge on any atom is -0.481 e. The molecule has 1 unspecified atom stereocenters. The summed E-state index contributed by atoms with van der Waals surface area (Å²) >= 11 is 0. The molecular formula is C20H28O5. The Labute approximate surface area is 148 Å². The van der Waals surface area contributed by atoms with Crippen LogP contribution in [0, 0.1) is 22.7 Å². The van der Waals surface area contributed by atoms with Crippen LogP contribution in [0.2, 0.25) is 0 Å². The molecule has 3 rings (SSSR count). The van der Waals surface area contributed by atoms with Gasteiger partial charge in [-0.25, -0.2) is 4.79 Å². The van der Waals surface area contributed by atoms with Gasteiger partial charge in [-0.05, 0) is 62.7 Å². The molecule has 0 aromatic heterocycles. The van der Waals surface area contributed by atoms with Crippen molar-refractivity contribution in [3.63, 3.8) is 0 Å². The monoisotopic (exact) mass is 348 g/mol. The normalized spacial score (nSPS) is 41.1. The predicted octanol–water partition coefficient (Wildman–Crippen LogP) is 3.43. The molecule has 5 nitrogen and oxygen atoms in total. The van der Waals surface area contributed by atoms with Gasteiger partial charge in [0.2, 0.25) is 6.29 Å². The van der Waals surface area contributed by atoms with Gasteiger partial charge in [0.15, 0.2) is 0 Å². The van der Waals surface area contributed by atoms with Crippen LogP contribution in [0.25, 0.3) is 0 Å². The fourth-order valence-electron chi connectivity index (χ4n) is 5.69. The Morgan fingerprint density at radius 1 is 1.40 bits per heavy atom. The number of aliphatic hydroxyl groups is 1. The molecule has 5 atom stereocenters. The van der Waals surface area contributed by atoms with Crippen molar-refractivity contribution in [3.05, 3.63) is 23.8 Å². The summed E-state index contributed by atoms with van der Waals surface area (Å²) in [5, 5.41) is 19.6. The summed E-state index contributed by atoms with van der Waals surface area (Å²) in [6, 6.07) is 0. The summed E-state index contributed by atoms with van der Waals surface area (Å²) in [5.74, 6) is -0.857. The van der Waals surface area contributed by atoms with Gasteiger partial charge in [0, 0.05) is 11.6 Å². The third kappa shape index (κ3) is 2.92. The standard InChI is InChI=1S/C20H28O5/c1-12-5-8-15-19(2,9-4-10-20(15,3)18(23)24)14(12)7-6-13-11-16(21)25-17(13)22/h11,14-15,17,22H,1,4-10H2,2-3H3,(H,23,24)/t14-,15+,17?,19+,20-/m0/s1. The van der Waals surface area contributed by atoms with E-state index in [1.807, 2.05) is 6.92 Å². The number of ether oxygens (including phenoxy) is 1. The summed E-state index contributed by atoms with van der Waals surface area (Å²) in [6.45, 7) is 8.39. The zero-order valence-electron chi connectivity index (χ0n) is 15.1. The number of carboxylic acids is 1. The number of carbonyl (C=O) groups is 2. The number of carbonyl (C=O) groups excluding carboxylic acids is 1. The van der Waals surface area contributed by atoms with Crippen LogP contribution in [-0.4, -0.2) is 28.4 Å². The molecule has 2 N–H and O–H groups in total. The molecule has 25 heavy (non-hydrogen) atoms. The van der Waals surface area contributed by atoms with Crippen molar-refractivity contribution in [1.82, 2.24) is 0 Å². The lowest BCUT2D eigenvalue weighted by molar-refractivity contribution is -0.164. The first-order valence-corrected chi connectivity index (χ1v) is 9.18. The lowest BCUT2D eigenvalue weighted by Crippen LogP contribution is -2.53. The highest BCUT2D eigenvalue weighted by atomic mass is 16.6. The smallest absolute Gasteiger partial charge is 0.333 e. The molecule has 2 aliphatic carbocycles. The van der Waals surface area contributed by atoms with Crippen LogP contribution in [0.5, 0.6) is 0 Å². The van der Waals surface area contributed by atoms with E-state index in [1.165, 1.54) is 11.6 Å². The zero-order valence-corrected chi connectivity index (χ0v) is 15.1. The molecule has 2 fully saturated rings. The Morgan fingerprint density at radius 2 is 2.12 bits per heavy atom. The van der Waals surface area contributed by atoms with Gasteiger partial charge in [-0.2, -0.15) is 0 Å². The van der Waals surface area contributed by atoms with Crippen molar-refractivity contribution in [2.24, 2.45) is 22.7 Å². The summed E-state index contributed by atoms with van der Waals surface area (Å²) in [5.41, 5.74) is 1.00. The van der Waals surface area contributed by atoms with Crippen molar-refractivity contribution in [2.75, 3.05) is 0 Å². The van der Waals surface area contributed by atoms with Crippen LogP contribution in [0.15, 0.2) is 23.8 Å². The topological polar surface area (TPSA) is 83.8 Å². The van der Waals surface area contributed by atoms with E-state index in [1.54, 1.807) is 0 Å². The van der Waals surface area contributed by atoms with Gasteiger partial charge in [-0.1, -0.05) is 25.5 Å². The minimum absolute atomic E-state index is 0.101. The van der Waals surface area contributed by atoms with Gasteiger partial charge in [0.25, 0.3) is 0 Å². The number of carboxylic acid groups (broad SMARTS) is 1. The van der Waals surface area contributed by atoms with Gasteiger partial charge < -0.3 is 14.9 Å². The van der Waals surface area contributed by atoms with E-state index >= 15 is 0 Å². The predicted molar refractivity (Wildman–Crippen MR) is 92.5 cm³/mol. The van der Waals surface area contributed by atoms with Gasteiger partial charge in [-0.3, -0.25) is 4.79 Å². The highest BCUT2D eigenvalue weighted by Crippen LogP contribution is 2.62. The number of hydrogen-bond donors (Lipinski definition) is 2. The van der Waals surface area contributed by atoms with Crippen molar-refractivity contribution < 1.29 is 24.5 Å². The molecule has 1 heterocycles. The van der Waals surface area contributed by atoms with Crippen molar-refractivity contribution in [1.29, 1.82) is 0 Å². The number of rotatable bonds is 4. The fourth-order valence-corrected chi connectivity index (χ4v) is 5.69. The molecule has 1 aliphatic heterocycles. The van der Waals surface area contributed by atoms with Crippen LogP contribution in [0.1, 0.15) is 58.8 Å². The Hall–Kier alpha value is -1.62. The van der Waals surface area contributed by atoms with Gasteiger partial charge in [-0.15, -0.1) is 0 Å². The first kappa shape index (κ1) is 18.2. The molecule has 0 radical (unpaired) electrons. The fraction of sp³-hybridized carbons (Fsp3) is 0.700. The van der Waals surface area contributed by atoms with Crippen molar-refractivity contribution >= 4 is 11.9 Å². The summed E-state index contributed by atoms with van der Waals surface area (Å²) in [7, 11) is 0. The lowest BCUT2D eigenvalue weighted by Gasteiger charge is -2.57. The SMILES string of the molecule is C=C1CC[C@@H]2[C@](C)(CCC[C@]2(C)C(=O)O)[C@H]1CCC1=CC(=O)OC1O. The largest absolute Gasteiger partial charge is 0.481 e. The second-order valence-electron chi connectivity index (χ2n) is 8.43. The average Bonchev–Trinajstić information content (AvgIpc) is 2.84. The average molecular weight is 348 g/mol. The highest BCUT2D eigenvalue weighted by Gasteiger charge is 2.57. The number of hydrogen-bond acceptors (Lipinski definition) is 4. The first-order chi connectivity index (χ1) is 11.7. The lowest BCUT2D eigenvalue weighted by atomic mass is 9.46. The van der Waals surface area contributed by atoms with E-state index in [0.29, 0.717) is 12.0 Å². The maximum absolute atomic E-state index is 12.0. The maximum atomic E-state index is 12.0. The molecule has 0 spiro atoms. The van der Waals surface area contributed by atoms with Gasteiger partial charge in [0.05, 0.1) is 5.41 Å². The van der Waals surface area contributed by atoms with Gasteiger partial charge in [0.1, 0.15) is 0 Å². The maximum Gasteiger partial charge on any atom is 0.333 e. The first-order valence-electron chi connectivity index (χ1n) is 9.18. The molecule has 0 aromatic rings. The number of fused-ring (bicyclic) bond motifs is 1. The second kappa shape index (κ2) is 6.27. The van der Waals surface area contributed by atoms with Crippen molar-refractivity contribution in [2.45, 2.75) is 65.1 Å². The van der Waals surface area contributed by atoms with Crippen molar-refractivity contribution in [3.8, 4) is 0 Å². The van der Waals surface area contributed by atoms with E-state index in [0.717, 1.165) is 38.5 Å². The summed E-state index contributed by atoms with van der Waals surface area (Å²) in [4.78, 5) is 23.3. The van der Waals surface area contributed by atoms with E-state index in [9.17, 15) is 19.8 Å². The Balaban J connectivity index is 1.83. The third-order valence-corrected chi connectivity index (χ3v) is 7.08. The van der Waals surface area contributed by atoms with Gasteiger partial charge >= 0.3 is 11.9 Å². The van der Waals surface area contributed by atoms with Crippen LogP contribution in [0.3, 0.4) is 0 Å². The molecule has 5 heteroatoms. The zero-order chi connectivity index (χ0) is 18.4. The van der Waals surface area contributed by atoms with E-state index < -0.39 is 23.6 Å².